The lowest BCUT2D eigenvalue weighted by molar-refractivity contribution is 0.0991. The first-order chi connectivity index (χ1) is 16.4. The van der Waals surface area contributed by atoms with Crippen LogP contribution in [0.1, 0.15) is 26.3 Å². The molecule has 0 aliphatic carbocycles. The van der Waals surface area contributed by atoms with Crippen LogP contribution in [0.15, 0.2) is 64.5 Å². The number of nitrogens with two attached hydrogens (primary N) is 2. The molecule has 0 radical (unpaired) electrons. The van der Waals surface area contributed by atoms with E-state index in [1.807, 2.05) is 18.2 Å². The molecule has 0 spiro atoms. The van der Waals surface area contributed by atoms with Gasteiger partial charge in [-0.3, -0.25) is 9.59 Å². The molecular weight excluding hydrogens is 452 g/mol. The number of carbonyl (C=O) groups excluding carboxylic acids is 2. The third kappa shape index (κ3) is 5.83. The van der Waals surface area contributed by atoms with Gasteiger partial charge in [0.2, 0.25) is 23.6 Å². The number of likely N-dealkylation sites (N-methyl/N-ethyl adjacent to an activating group) is 1. The van der Waals surface area contributed by atoms with E-state index in [4.69, 9.17) is 21.2 Å². The van der Waals surface area contributed by atoms with Gasteiger partial charge in [-0.2, -0.15) is 4.98 Å². The molecule has 176 valence electrons. The Morgan fingerprint density at radius 1 is 1.00 bits per heavy atom. The van der Waals surface area contributed by atoms with Crippen molar-refractivity contribution in [1.82, 2.24) is 14.9 Å². The fourth-order valence-electron chi connectivity index (χ4n) is 3.46. The molecule has 2 heterocycles. The average molecular weight is 479 g/mol. The summed E-state index contributed by atoms with van der Waals surface area (Å²) in [7, 11) is 2.09. The molecule has 10 heteroatoms. The van der Waals surface area contributed by atoms with Crippen LogP contribution in [0.4, 0.5) is 5.95 Å². The summed E-state index contributed by atoms with van der Waals surface area (Å²) >= 11 is 1.43. The number of ether oxygens (including phenoxy) is 1. The highest BCUT2D eigenvalue weighted by Gasteiger charge is 2.19. The molecule has 1 aliphatic heterocycles. The molecule has 3 aromatic rings. The van der Waals surface area contributed by atoms with Gasteiger partial charge in [0.05, 0.1) is 11.1 Å². The lowest BCUT2D eigenvalue weighted by Crippen LogP contribution is -2.45. The van der Waals surface area contributed by atoms with Gasteiger partial charge in [0.1, 0.15) is 6.61 Å². The molecule has 0 bridgehead atoms. The zero-order valence-corrected chi connectivity index (χ0v) is 19.6. The van der Waals surface area contributed by atoms with Crippen LogP contribution in [0, 0.1) is 0 Å². The minimum absolute atomic E-state index is 0.217. The van der Waals surface area contributed by atoms with Crippen LogP contribution in [0.3, 0.4) is 0 Å². The topological polar surface area (TPSA) is 128 Å². The number of hydrogen-bond donors (Lipinski definition) is 2. The van der Waals surface area contributed by atoms with Crippen molar-refractivity contribution in [2.75, 3.05) is 38.1 Å². The molecule has 4 N–H and O–H groups in total. The van der Waals surface area contributed by atoms with Gasteiger partial charge < -0.3 is 26.0 Å². The summed E-state index contributed by atoms with van der Waals surface area (Å²) in [4.78, 5) is 38.2. The van der Waals surface area contributed by atoms with Gasteiger partial charge in [0, 0.05) is 42.2 Å². The predicted molar refractivity (Wildman–Crippen MR) is 130 cm³/mol. The van der Waals surface area contributed by atoms with Crippen molar-refractivity contribution in [3.8, 4) is 5.88 Å². The highest BCUT2D eigenvalue weighted by atomic mass is 32.2. The minimum atomic E-state index is -0.489. The van der Waals surface area contributed by atoms with E-state index in [-0.39, 0.29) is 6.61 Å². The lowest BCUT2D eigenvalue weighted by Gasteiger charge is -2.32. The third-order valence-corrected chi connectivity index (χ3v) is 6.46. The number of amides is 2. The second kappa shape index (κ2) is 10.5. The first-order valence-corrected chi connectivity index (χ1v) is 11.6. The van der Waals surface area contributed by atoms with E-state index < -0.39 is 11.8 Å². The Hall–Kier alpha value is -3.63. The maximum atomic E-state index is 11.5. The summed E-state index contributed by atoms with van der Waals surface area (Å²) in [6, 6.07) is 14.0. The Balaban J connectivity index is 1.58. The van der Waals surface area contributed by atoms with E-state index in [1.165, 1.54) is 11.8 Å². The number of nitrogens with zero attached hydrogens (tertiary/aromatic N) is 4. The molecular formula is C24H26N6O3S. The summed E-state index contributed by atoms with van der Waals surface area (Å²) in [6.45, 7) is 3.74. The fourth-order valence-corrected chi connectivity index (χ4v) is 4.28. The molecule has 1 saturated heterocycles. The summed E-state index contributed by atoms with van der Waals surface area (Å²) in [5.74, 6) is 0.0929. The summed E-state index contributed by atoms with van der Waals surface area (Å²) in [5, 5.41) is 0. The van der Waals surface area contributed by atoms with Crippen molar-refractivity contribution < 1.29 is 14.3 Å². The smallest absolute Gasteiger partial charge is 0.248 e. The van der Waals surface area contributed by atoms with E-state index in [0.29, 0.717) is 23.0 Å². The van der Waals surface area contributed by atoms with E-state index in [9.17, 15) is 9.59 Å². The van der Waals surface area contributed by atoms with Gasteiger partial charge in [0.25, 0.3) is 0 Å². The molecule has 9 nitrogen and oxygen atoms in total. The maximum Gasteiger partial charge on any atom is 0.248 e. The molecule has 0 atom stereocenters. The summed E-state index contributed by atoms with van der Waals surface area (Å²) in [5.41, 5.74) is 12.4. The molecule has 4 rings (SSSR count). The van der Waals surface area contributed by atoms with Crippen LogP contribution in [0.2, 0.25) is 0 Å². The van der Waals surface area contributed by atoms with Gasteiger partial charge in [0.15, 0.2) is 0 Å². The van der Waals surface area contributed by atoms with Crippen molar-refractivity contribution in [3.63, 3.8) is 0 Å². The first kappa shape index (κ1) is 23.5. The Morgan fingerprint density at radius 3 is 2.38 bits per heavy atom. The van der Waals surface area contributed by atoms with Crippen molar-refractivity contribution >= 4 is 29.5 Å². The van der Waals surface area contributed by atoms with Crippen LogP contribution in [-0.4, -0.2) is 59.9 Å². The minimum Gasteiger partial charge on any atom is -0.472 e. The third-order valence-electron chi connectivity index (χ3n) is 5.45. The Labute approximate surface area is 202 Å². The SMILES string of the molecule is CN1CCN(c2ncc(Sc3ccc(C(N)=O)cc3)c(OCc3cccc(C(N)=O)c3)n2)CC1. The van der Waals surface area contributed by atoms with E-state index in [2.05, 4.69) is 21.8 Å². The summed E-state index contributed by atoms with van der Waals surface area (Å²) < 4.78 is 6.11. The van der Waals surface area contributed by atoms with Crippen LogP contribution >= 0.6 is 11.8 Å². The monoisotopic (exact) mass is 478 g/mol. The Bertz CT molecular complexity index is 1180. The van der Waals surface area contributed by atoms with Crippen LogP contribution in [0.5, 0.6) is 5.88 Å². The second-order valence-corrected chi connectivity index (χ2v) is 9.09. The number of rotatable bonds is 8. The molecule has 0 saturated carbocycles. The number of hydrogen-bond acceptors (Lipinski definition) is 8. The van der Waals surface area contributed by atoms with Gasteiger partial charge >= 0.3 is 0 Å². The van der Waals surface area contributed by atoms with Crippen molar-refractivity contribution in [3.05, 3.63) is 71.4 Å². The molecule has 1 aliphatic rings. The largest absolute Gasteiger partial charge is 0.472 e. The highest BCUT2D eigenvalue weighted by Crippen LogP contribution is 2.35. The average Bonchev–Trinajstić information content (AvgIpc) is 2.84. The number of benzene rings is 2. The molecule has 1 aromatic heterocycles. The zero-order chi connectivity index (χ0) is 24.1. The van der Waals surface area contributed by atoms with Crippen molar-refractivity contribution in [2.24, 2.45) is 11.5 Å². The summed E-state index contributed by atoms with van der Waals surface area (Å²) in [6.07, 6.45) is 1.75. The molecule has 0 unspecified atom stereocenters. The predicted octanol–water partition coefficient (Wildman–Crippen LogP) is 2.16. The highest BCUT2D eigenvalue weighted by molar-refractivity contribution is 7.99. The quantitative estimate of drug-likeness (QED) is 0.504. The lowest BCUT2D eigenvalue weighted by atomic mass is 10.1. The van der Waals surface area contributed by atoms with E-state index in [0.717, 1.165) is 41.5 Å². The van der Waals surface area contributed by atoms with Gasteiger partial charge in [-0.1, -0.05) is 23.9 Å². The van der Waals surface area contributed by atoms with Crippen LogP contribution < -0.4 is 21.1 Å². The fraction of sp³-hybridized carbons (Fsp3) is 0.250. The molecule has 2 amide bonds. The van der Waals surface area contributed by atoms with E-state index in [1.54, 1.807) is 36.5 Å². The maximum absolute atomic E-state index is 11.5. The first-order valence-electron chi connectivity index (χ1n) is 10.8. The number of carbonyl (C=O) groups is 2. The Kier molecular flexibility index (Phi) is 7.29. The standard InChI is InChI=1S/C24H26N6O3S/c1-29-9-11-30(12-10-29)24-27-14-20(34-19-7-5-17(6-8-19)21(25)31)23(28-24)33-15-16-3-2-4-18(13-16)22(26)32/h2-8,13-14H,9-12,15H2,1H3,(H2,25,31)(H2,26,32). The van der Waals surface area contributed by atoms with Gasteiger partial charge in [-0.15, -0.1) is 0 Å². The normalized spacial score (nSPS) is 14.1. The molecule has 34 heavy (non-hydrogen) atoms. The van der Waals surface area contributed by atoms with Crippen molar-refractivity contribution in [1.29, 1.82) is 0 Å². The van der Waals surface area contributed by atoms with Crippen LogP contribution in [0.25, 0.3) is 0 Å². The van der Waals surface area contributed by atoms with Gasteiger partial charge in [-0.25, -0.2) is 4.98 Å². The Morgan fingerprint density at radius 2 is 1.71 bits per heavy atom. The molecule has 1 fully saturated rings. The number of aromatic nitrogens is 2. The number of primary amides is 2. The van der Waals surface area contributed by atoms with Crippen LogP contribution in [-0.2, 0) is 6.61 Å². The second-order valence-electron chi connectivity index (χ2n) is 7.97. The number of anilines is 1. The molecule has 2 aromatic carbocycles. The van der Waals surface area contributed by atoms with Gasteiger partial charge in [-0.05, 0) is 49.0 Å². The number of piperazine rings is 1. The van der Waals surface area contributed by atoms with Crippen molar-refractivity contribution in [2.45, 2.75) is 16.4 Å². The zero-order valence-electron chi connectivity index (χ0n) is 18.8. The van der Waals surface area contributed by atoms with E-state index >= 15 is 0 Å².